The zero-order chi connectivity index (χ0) is 10.3. The monoisotopic (exact) mass is 183 g/mol. The van der Waals surface area contributed by atoms with Gasteiger partial charge in [0, 0.05) is 0 Å². The lowest BCUT2D eigenvalue weighted by Gasteiger charge is -2.01. The summed E-state index contributed by atoms with van der Waals surface area (Å²) in [4.78, 5) is 9.57. The number of rotatable bonds is 5. The number of nitrogens with zero attached hydrogens (tertiary/aromatic N) is 1. The van der Waals surface area contributed by atoms with Crippen LogP contribution in [0.5, 0.6) is 0 Å². The highest BCUT2D eigenvalue weighted by molar-refractivity contribution is 4.93. The summed E-state index contributed by atoms with van der Waals surface area (Å²) in [6, 6.07) is 0. The standard InChI is InChI=1S/C10H17NO2/c1-9(2)5-4-6-10(3)7-8-11(12)13/h5,7-8,10H,4,6H2,1-3H3. The van der Waals surface area contributed by atoms with E-state index >= 15 is 0 Å². The molecule has 13 heavy (non-hydrogen) atoms. The van der Waals surface area contributed by atoms with Gasteiger partial charge in [-0.25, -0.2) is 0 Å². The summed E-state index contributed by atoms with van der Waals surface area (Å²) in [5, 5.41) is 9.99. The average Bonchev–Trinajstić information content (AvgIpc) is 2.00. The Balaban J connectivity index is 3.69. The fourth-order valence-corrected chi connectivity index (χ4v) is 0.948. The van der Waals surface area contributed by atoms with Crippen molar-refractivity contribution in [2.24, 2.45) is 5.92 Å². The maximum Gasteiger partial charge on any atom is 0.230 e. The van der Waals surface area contributed by atoms with Gasteiger partial charge in [-0.2, -0.15) is 0 Å². The molecular weight excluding hydrogens is 166 g/mol. The third-order valence-electron chi connectivity index (χ3n) is 1.71. The molecule has 0 radical (unpaired) electrons. The molecule has 0 N–H and O–H groups in total. The van der Waals surface area contributed by atoms with Gasteiger partial charge >= 0.3 is 0 Å². The quantitative estimate of drug-likeness (QED) is 0.373. The lowest BCUT2D eigenvalue weighted by Crippen LogP contribution is -1.91. The Kier molecular flexibility index (Phi) is 5.85. The maximum atomic E-state index is 9.99. The maximum absolute atomic E-state index is 9.99. The van der Waals surface area contributed by atoms with Gasteiger partial charge in [0.15, 0.2) is 0 Å². The molecule has 0 rings (SSSR count). The van der Waals surface area contributed by atoms with Crippen molar-refractivity contribution < 1.29 is 4.92 Å². The molecule has 0 saturated carbocycles. The first kappa shape index (κ1) is 11.9. The van der Waals surface area contributed by atoms with E-state index in [-0.39, 0.29) is 5.92 Å². The third-order valence-corrected chi connectivity index (χ3v) is 1.71. The Bertz CT molecular complexity index is 215. The molecule has 0 aromatic rings. The fraction of sp³-hybridized carbons (Fsp3) is 0.600. The summed E-state index contributed by atoms with van der Waals surface area (Å²) in [6.07, 6.45) is 6.77. The summed E-state index contributed by atoms with van der Waals surface area (Å²) < 4.78 is 0. The van der Waals surface area contributed by atoms with E-state index in [4.69, 9.17) is 0 Å². The number of hydrogen-bond acceptors (Lipinski definition) is 2. The van der Waals surface area contributed by atoms with Crippen molar-refractivity contribution in [3.63, 3.8) is 0 Å². The molecule has 0 fully saturated rings. The topological polar surface area (TPSA) is 43.1 Å². The van der Waals surface area contributed by atoms with Crippen LogP contribution in [0.15, 0.2) is 23.9 Å². The molecular formula is C10H17NO2. The molecule has 0 heterocycles. The molecule has 0 aliphatic rings. The Labute approximate surface area is 79.3 Å². The van der Waals surface area contributed by atoms with Crippen LogP contribution in [0.4, 0.5) is 0 Å². The second kappa shape index (κ2) is 6.40. The Morgan fingerprint density at radius 3 is 2.62 bits per heavy atom. The highest BCUT2D eigenvalue weighted by Crippen LogP contribution is 2.08. The van der Waals surface area contributed by atoms with Crippen molar-refractivity contribution >= 4 is 0 Å². The molecule has 3 nitrogen and oxygen atoms in total. The number of allylic oxidation sites excluding steroid dienone is 3. The van der Waals surface area contributed by atoms with Gasteiger partial charge in [-0.15, -0.1) is 0 Å². The molecule has 1 atom stereocenters. The van der Waals surface area contributed by atoms with Crippen LogP contribution in [0.2, 0.25) is 0 Å². The minimum absolute atomic E-state index is 0.279. The van der Waals surface area contributed by atoms with E-state index < -0.39 is 4.92 Å². The lowest BCUT2D eigenvalue weighted by atomic mass is 10.0. The van der Waals surface area contributed by atoms with Gasteiger partial charge in [-0.05, 0) is 38.7 Å². The summed E-state index contributed by atoms with van der Waals surface area (Å²) >= 11 is 0. The van der Waals surface area contributed by atoms with Gasteiger partial charge < -0.3 is 0 Å². The van der Waals surface area contributed by atoms with Crippen LogP contribution in [-0.4, -0.2) is 4.92 Å². The van der Waals surface area contributed by atoms with Crippen LogP contribution in [0.1, 0.15) is 33.6 Å². The highest BCUT2D eigenvalue weighted by Gasteiger charge is 1.97. The molecule has 0 aromatic heterocycles. The van der Waals surface area contributed by atoms with E-state index in [9.17, 15) is 10.1 Å². The Morgan fingerprint density at radius 1 is 1.54 bits per heavy atom. The second-order valence-corrected chi connectivity index (χ2v) is 3.46. The van der Waals surface area contributed by atoms with Gasteiger partial charge in [0.2, 0.25) is 6.20 Å². The third kappa shape index (κ3) is 8.79. The first-order chi connectivity index (χ1) is 6.02. The molecule has 3 heteroatoms. The van der Waals surface area contributed by atoms with E-state index in [1.165, 1.54) is 5.57 Å². The average molecular weight is 183 g/mol. The van der Waals surface area contributed by atoms with Crippen molar-refractivity contribution in [3.05, 3.63) is 34.0 Å². The van der Waals surface area contributed by atoms with Gasteiger partial charge in [0.1, 0.15) is 0 Å². The van der Waals surface area contributed by atoms with E-state index in [0.29, 0.717) is 0 Å². The van der Waals surface area contributed by atoms with E-state index in [1.54, 1.807) is 6.08 Å². The summed E-state index contributed by atoms with van der Waals surface area (Å²) in [5.41, 5.74) is 1.30. The minimum Gasteiger partial charge on any atom is -0.259 e. The molecule has 1 unspecified atom stereocenters. The molecule has 0 aromatic carbocycles. The van der Waals surface area contributed by atoms with Gasteiger partial charge in [0.25, 0.3) is 0 Å². The zero-order valence-electron chi connectivity index (χ0n) is 8.49. The molecule has 0 saturated heterocycles. The van der Waals surface area contributed by atoms with Crippen LogP contribution in [0.25, 0.3) is 0 Å². The zero-order valence-corrected chi connectivity index (χ0v) is 8.49. The first-order valence-corrected chi connectivity index (χ1v) is 4.47. The summed E-state index contributed by atoms with van der Waals surface area (Å²) in [5.74, 6) is 0.279. The van der Waals surface area contributed by atoms with Crippen LogP contribution < -0.4 is 0 Å². The molecule has 0 spiro atoms. The first-order valence-electron chi connectivity index (χ1n) is 4.47. The summed E-state index contributed by atoms with van der Waals surface area (Å²) in [7, 11) is 0. The molecule has 74 valence electrons. The van der Waals surface area contributed by atoms with Gasteiger partial charge in [-0.1, -0.05) is 18.6 Å². The molecule has 0 aliphatic carbocycles. The predicted octanol–water partition coefficient (Wildman–Crippen LogP) is 3.16. The Morgan fingerprint density at radius 2 is 2.15 bits per heavy atom. The minimum atomic E-state index is -0.419. The Hall–Kier alpha value is -1.12. The van der Waals surface area contributed by atoms with Gasteiger partial charge in [0.05, 0.1) is 4.92 Å². The van der Waals surface area contributed by atoms with Crippen molar-refractivity contribution in [1.82, 2.24) is 0 Å². The van der Waals surface area contributed by atoms with Crippen LogP contribution in [0.3, 0.4) is 0 Å². The van der Waals surface area contributed by atoms with Crippen LogP contribution >= 0.6 is 0 Å². The smallest absolute Gasteiger partial charge is 0.230 e. The molecule has 0 amide bonds. The number of nitro groups is 1. The second-order valence-electron chi connectivity index (χ2n) is 3.46. The lowest BCUT2D eigenvalue weighted by molar-refractivity contribution is -0.402. The van der Waals surface area contributed by atoms with Gasteiger partial charge in [-0.3, -0.25) is 10.1 Å². The van der Waals surface area contributed by atoms with Crippen molar-refractivity contribution in [3.8, 4) is 0 Å². The molecule has 0 bridgehead atoms. The number of hydrogen-bond donors (Lipinski definition) is 0. The van der Waals surface area contributed by atoms with Crippen molar-refractivity contribution in [2.45, 2.75) is 33.6 Å². The molecule has 0 aliphatic heterocycles. The normalized spacial score (nSPS) is 12.8. The van der Waals surface area contributed by atoms with Crippen LogP contribution in [-0.2, 0) is 0 Å². The van der Waals surface area contributed by atoms with Crippen molar-refractivity contribution in [2.75, 3.05) is 0 Å². The SMILES string of the molecule is CC(C)=CCCC(C)C=C[N+](=O)[O-]. The van der Waals surface area contributed by atoms with Crippen LogP contribution in [0, 0.1) is 16.0 Å². The van der Waals surface area contributed by atoms with Crippen molar-refractivity contribution in [1.29, 1.82) is 0 Å². The fourth-order valence-electron chi connectivity index (χ4n) is 0.948. The van der Waals surface area contributed by atoms with E-state index in [2.05, 4.69) is 19.9 Å². The highest BCUT2D eigenvalue weighted by atomic mass is 16.6. The van der Waals surface area contributed by atoms with E-state index in [1.807, 2.05) is 6.92 Å². The largest absolute Gasteiger partial charge is 0.259 e. The van der Waals surface area contributed by atoms with E-state index in [0.717, 1.165) is 19.0 Å². The predicted molar refractivity (Wildman–Crippen MR) is 54.0 cm³/mol. The summed E-state index contributed by atoms with van der Waals surface area (Å²) in [6.45, 7) is 6.09.